The van der Waals surface area contributed by atoms with Crippen molar-refractivity contribution in [2.75, 3.05) is 19.8 Å². The van der Waals surface area contributed by atoms with Crippen molar-refractivity contribution in [2.45, 2.75) is 91.4 Å². The van der Waals surface area contributed by atoms with E-state index in [-0.39, 0.29) is 0 Å². The van der Waals surface area contributed by atoms with Crippen molar-refractivity contribution in [3.05, 3.63) is 0 Å². The van der Waals surface area contributed by atoms with E-state index >= 15 is 0 Å². The van der Waals surface area contributed by atoms with Gasteiger partial charge in [0.2, 0.25) is 0 Å². The molecule has 0 aliphatic heterocycles. The topological polar surface area (TPSA) is 44.8 Å². The monoisotopic (exact) mass is 336 g/mol. The minimum Gasteiger partial charge on any atom is -0.287 e. The zero-order valence-electron chi connectivity index (χ0n) is 15.0. The van der Waals surface area contributed by atoms with E-state index in [2.05, 4.69) is 20.8 Å². The Morgan fingerprint density at radius 1 is 0.545 bits per heavy atom. The molecule has 0 saturated heterocycles. The van der Waals surface area contributed by atoms with Crippen molar-refractivity contribution in [2.24, 2.45) is 0 Å². The highest BCUT2D eigenvalue weighted by Crippen LogP contribution is 2.49. The van der Waals surface area contributed by atoms with Gasteiger partial charge in [0.25, 0.3) is 0 Å². The van der Waals surface area contributed by atoms with Gasteiger partial charge in [-0.25, -0.2) is 4.57 Å². The van der Waals surface area contributed by atoms with Gasteiger partial charge in [0.15, 0.2) is 0 Å². The third-order valence-electron chi connectivity index (χ3n) is 3.49. The van der Waals surface area contributed by atoms with Gasteiger partial charge in [-0.15, -0.1) is 0 Å². The Morgan fingerprint density at radius 3 is 1.36 bits per heavy atom. The van der Waals surface area contributed by atoms with E-state index in [0.717, 1.165) is 38.5 Å². The van der Waals surface area contributed by atoms with Crippen molar-refractivity contribution in [1.82, 2.24) is 0 Å². The lowest BCUT2D eigenvalue weighted by Gasteiger charge is -2.18. The second kappa shape index (κ2) is 16.0. The summed E-state index contributed by atoms with van der Waals surface area (Å²) in [6.45, 7) is 7.80. The number of phosphoric ester groups is 1. The van der Waals surface area contributed by atoms with Crippen LogP contribution >= 0.6 is 7.82 Å². The summed E-state index contributed by atoms with van der Waals surface area (Å²) < 4.78 is 28.9. The van der Waals surface area contributed by atoms with Crippen molar-refractivity contribution in [3.63, 3.8) is 0 Å². The molecule has 4 nitrogen and oxygen atoms in total. The summed E-state index contributed by atoms with van der Waals surface area (Å²) in [5.74, 6) is 0. The Bertz CT molecular complexity index is 271. The van der Waals surface area contributed by atoms with E-state index in [1.807, 2.05) is 0 Å². The van der Waals surface area contributed by atoms with Gasteiger partial charge in [0, 0.05) is 0 Å². The van der Waals surface area contributed by atoms with Crippen LogP contribution in [0.1, 0.15) is 91.4 Å². The predicted molar refractivity (Wildman–Crippen MR) is 93.3 cm³/mol. The molecule has 0 aliphatic carbocycles. The second-order valence-electron chi connectivity index (χ2n) is 5.78. The van der Waals surface area contributed by atoms with Crippen LogP contribution in [0.5, 0.6) is 0 Å². The van der Waals surface area contributed by atoms with E-state index in [4.69, 9.17) is 13.6 Å². The van der Waals surface area contributed by atoms with Gasteiger partial charge in [0.1, 0.15) is 0 Å². The van der Waals surface area contributed by atoms with E-state index in [9.17, 15) is 4.57 Å². The molecule has 0 fully saturated rings. The van der Waals surface area contributed by atoms with Gasteiger partial charge in [-0.2, -0.15) is 0 Å². The number of hydrogen-bond acceptors (Lipinski definition) is 4. The average molecular weight is 336 g/mol. The molecule has 0 amide bonds. The molecule has 0 radical (unpaired) electrons. The number of rotatable bonds is 17. The van der Waals surface area contributed by atoms with E-state index in [0.29, 0.717) is 19.8 Å². The molecule has 22 heavy (non-hydrogen) atoms. The van der Waals surface area contributed by atoms with Crippen LogP contribution in [0, 0.1) is 0 Å². The molecular formula is C17H37O4P. The molecule has 5 heteroatoms. The molecule has 0 bridgehead atoms. The Labute approximate surface area is 137 Å². The first kappa shape index (κ1) is 22.1. The Hall–Kier alpha value is 0.110. The molecule has 1 unspecified atom stereocenters. The number of phosphoric acid groups is 1. The quantitative estimate of drug-likeness (QED) is 0.225. The van der Waals surface area contributed by atoms with Crippen LogP contribution in [0.15, 0.2) is 0 Å². The molecule has 0 aliphatic rings. The van der Waals surface area contributed by atoms with Crippen LogP contribution in [0.2, 0.25) is 0 Å². The van der Waals surface area contributed by atoms with Gasteiger partial charge >= 0.3 is 7.82 Å². The number of hydrogen-bond donors (Lipinski definition) is 0. The van der Waals surface area contributed by atoms with E-state index < -0.39 is 7.82 Å². The highest BCUT2D eigenvalue weighted by molar-refractivity contribution is 7.48. The van der Waals surface area contributed by atoms with Crippen molar-refractivity contribution in [1.29, 1.82) is 0 Å². The van der Waals surface area contributed by atoms with Crippen molar-refractivity contribution >= 4 is 7.82 Å². The first-order valence-electron chi connectivity index (χ1n) is 9.22. The maximum absolute atomic E-state index is 12.5. The minimum absolute atomic E-state index is 0.443. The maximum atomic E-state index is 12.5. The van der Waals surface area contributed by atoms with Crippen LogP contribution in [-0.4, -0.2) is 19.8 Å². The first-order chi connectivity index (χ1) is 10.7. The second-order valence-corrected chi connectivity index (χ2v) is 7.44. The molecular weight excluding hydrogens is 299 g/mol. The molecule has 0 spiro atoms. The highest BCUT2D eigenvalue weighted by Gasteiger charge is 2.25. The summed E-state index contributed by atoms with van der Waals surface area (Å²) in [6.07, 6.45) is 12.0. The van der Waals surface area contributed by atoms with Crippen LogP contribution in [-0.2, 0) is 18.1 Å². The van der Waals surface area contributed by atoms with E-state index in [1.165, 1.54) is 32.1 Å². The molecule has 1 atom stereocenters. The molecule has 0 saturated carbocycles. The summed E-state index contributed by atoms with van der Waals surface area (Å²) >= 11 is 0. The normalized spacial score (nSPS) is 14.1. The molecule has 0 rings (SSSR count). The smallest absolute Gasteiger partial charge is 0.287 e. The summed E-state index contributed by atoms with van der Waals surface area (Å²) in [4.78, 5) is 0. The van der Waals surface area contributed by atoms with Gasteiger partial charge in [0.05, 0.1) is 19.8 Å². The molecule has 0 N–H and O–H groups in total. The minimum atomic E-state index is -3.35. The molecule has 0 heterocycles. The van der Waals surface area contributed by atoms with Gasteiger partial charge in [-0.05, 0) is 19.3 Å². The third-order valence-corrected chi connectivity index (χ3v) is 4.99. The van der Waals surface area contributed by atoms with Crippen LogP contribution in [0.4, 0.5) is 0 Å². The maximum Gasteiger partial charge on any atom is 0.474 e. The lowest BCUT2D eigenvalue weighted by atomic mass is 10.2. The fraction of sp³-hybridized carbons (Fsp3) is 1.00. The van der Waals surface area contributed by atoms with E-state index in [1.54, 1.807) is 0 Å². The highest BCUT2D eigenvalue weighted by atomic mass is 31.2. The standard InChI is InChI=1S/C17H37O4P/c1-4-7-10-12-14-17-21-22(18,19-15-9-6-3)20-16-13-11-8-5-2/h4-17H2,1-3H3. The fourth-order valence-corrected chi connectivity index (χ4v) is 3.30. The van der Waals surface area contributed by atoms with Crippen LogP contribution < -0.4 is 0 Å². The fourth-order valence-electron chi connectivity index (χ4n) is 2.02. The largest absolute Gasteiger partial charge is 0.474 e. The molecule has 134 valence electrons. The van der Waals surface area contributed by atoms with Gasteiger partial charge in [-0.1, -0.05) is 72.1 Å². The SMILES string of the molecule is CCCCCCCOP(=O)(OCCCC)OCCCCCC. The van der Waals surface area contributed by atoms with Crippen LogP contribution in [0.25, 0.3) is 0 Å². The zero-order chi connectivity index (χ0) is 16.5. The summed E-state index contributed by atoms with van der Waals surface area (Å²) in [6, 6.07) is 0. The Balaban J connectivity index is 3.96. The lowest BCUT2D eigenvalue weighted by Crippen LogP contribution is -2.04. The molecule has 0 aromatic carbocycles. The summed E-state index contributed by atoms with van der Waals surface area (Å²) in [5.41, 5.74) is 0. The van der Waals surface area contributed by atoms with Crippen LogP contribution in [0.3, 0.4) is 0 Å². The predicted octanol–water partition coefficient (Wildman–Crippen LogP) is 6.50. The number of unbranched alkanes of at least 4 members (excludes halogenated alkanes) is 8. The van der Waals surface area contributed by atoms with Crippen molar-refractivity contribution < 1.29 is 18.1 Å². The van der Waals surface area contributed by atoms with Crippen molar-refractivity contribution in [3.8, 4) is 0 Å². The average Bonchev–Trinajstić information content (AvgIpc) is 2.51. The van der Waals surface area contributed by atoms with Gasteiger partial charge in [-0.3, -0.25) is 13.6 Å². The summed E-state index contributed by atoms with van der Waals surface area (Å²) in [5, 5.41) is 0. The molecule has 0 aromatic heterocycles. The zero-order valence-corrected chi connectivity index (χ0v) is 15.9. The summed E-state index contributed by atoms with van der Waals surface area (Å²) in [7, 11) is -3.35. The first-order valence-corrected chi connectivity index (χ1v) is 10.7. The third kappa shape index (κ3) is 13.8. The molecule has 0 aromatic rings. The Kier molecular flexibility index (Phi) is 16.1. The van der Waals surface area contributed by atoms with Gasteiger partial charge < -0.3 is 0 Å². The lowest BCUT2D eigenvalue weighted by molar-refractivity contribution is 0.109. The Morgan fingerprint density at radius 2 is 0.909 bits per heavy atom.